The molecule has 0 atom stereocenters. The second kappa shape index (κ2) is 6.84. The van der Waals surface area contributed by atoms with Gasteiger partial charge in [0.25, 0.3) is 0 Å². The number of benzene rings is 1. The summed E-state index contributed by atoms with van der Waals surface area (Å²) in [6.45, 7) is 3.25. The maximum absolute atomic E-state index is 11.9. The largest absolute Gasteiger partial charge is 0.324 e. The number of hydrogen-bond acceptors (Lipinski definition) is 5. The van der Waals surface area contributed by atoms with Crippen LogP contribution in [-0.4, -0.2) is 41.2 Å². The van der Waals surface area contributed by atoms with E-state index in [4.69, 9.17) is 5.73 Å². The number of nitrogens with two attached hydrogens (primary N) is 1. The molecule has 0 heterocycles. The Kier molecular flexibility index (Phi) is 5.88. The van der Waals surface area contributed by atoms with Gasteiger partial charge >= 0.3 is 0 Å². The van der Waals surface area contributed by atoms with Crippen molar-refractivity contribution in [2.75, 3.05) is 18.8 Å². The SMILES string of the molecule is CC(C)(N)CNS(=O)(=O)CCNS(=O)(=O)c1ccccc1. The normalized spacial score (nSPS) is 13.3. The average molecular weight is 335 g/mol. The predicted octanol–water partition coefficient (Wildman–Crippen LogP) is -0.378. The van der Waals surface area contributed by atoms with Crippen LogP contribution >= 0.6 is 0 Å². The van der Waals surface area contributed by atoms with Gasteiger partial charge in [-0.3, -0.25) is 0 Å². The molecule has 1 aromatic carbocycles. The third-order valence-electron chi connectivity index (χ3n) is 2.46. The minimum absolute atomic E-state index is 0.0841. The second-order valence-corrected chi connectivity index (χ2v) is 9.03. The van der Waals surface area contributed by atoms with Gasteiger partial charge in [-0.1, -0.05) is 18.2 Å². The minimum atomic E-state index is -3.69. The molecule has 0 unspecified atom stereocenters. The topological polar surface area (TPSA) is 118 Å². The molecule has 0 aliphatic carbocycles. The molecule has 0 bridgehead atoms. The Balaban J connectivity index is 2.53. The van der Waals surface area contributed by atoms with E-state index in [0.717, 1.165) is 0 Å². The molecule has 0 fully saturated rings. The van der Waals surface area contributed by atoms with E-state index < -0.39 is 25.6 Å². The summed E-state index contributed by atoms with van der Waals surface area (Å²) in [7, 11) is -7.27. The molecule has 0 aliphatic heterocycles. The first-order valence-electron chi connectivity index (χ1n) is 6.33. The molecule has 120 valence electrons. The Morgan fingerprint density at radius 1 is 1.05 bits per heavy atom. The summed E-state index contributed by atoms with van der Waals surface area (Å²) in [6.07, 6.45) is 0. The smallest absolute Gasteiger partial charge is 0.240 e. The van der Waals surface area contributed by atoms with E-state index in [1.54, 1.807) is 32.0 Å². The van der Waals surface area contributed by atoms with Gasteiger partial charge in [-0.25, -0.2) is 26.3 Å². The third-order valence-corrected chi connectivity index (χ3v) is 5.27. The maximum Gasteiger partial charge on any atom is 0.240 e. The zero-order valence-electron chi connectivity index (χ0n) is 12.0. The summed E-state index contributed by atoms with van der Waals surface area (Å²) in [5.41, 5.74) is 5.01. The fraction of sp³-hybridized carbons (Fsp3) is 0.500. The van der Waals surface area contributed by atoms with Crippen molar-refractivity contribution in [1.82, 2.24) is 9.44 Å². The summed E-state index contributed by atoms with van der Waals surface area (Å²) in [4.78, 5) is 0.0958. The summed E-state index contributed by atoms with van der Waals surface area (Å²) in [5, 5.41) is 0. The van der Waals surface area contributed by atoms with Gasteiger partial charge in [-0.2, -0.15) is 0 Å². The molecular formula is C12H21N3O4S2. The van der Waals surface area contributed by atoms with Crippen LogP contribution in [0.1, 0.15) is 13.8 Å². The minimum Gasteiger partial charge on any atom is -0.324 e. The molecule has 0 saturated carbocycles. The zero-order valence-corrected chi connectivity index (χ0v) is 13.7. The lowest BCUT2D eigenvalue weighted by Gasteiger charge is -2.18. The van der Waals surface area contributed by atoms with Crippen molar-refractivity contribution >= 4 is 20.0 Å². The van der Waals surface area contributed by atoms with Gasteiger partial charge in [0.2, 0.25) is 20.0 Å². The molecule has 0 aliphatic rings. The first kappa shape index (κ1) is 18.1. The molecule has 7 nitrogen and oxygen atoms in total. The highest BCUT2D eigenvalue weighted by atomic mass is 32.2. The van der Waals surface area contributed by atoms with Crippen molar-refractivity contribution < 1.29 is 16.8 Å². The standard InChI is InChI=1S/C12H21N3O4S2/c1-12(2,13)10-15-20(16,17)9-8-14-21(18,19)11-6-4-3-5-7-11/h3-7,14-15H,8-10,13H2,1-2H3. The van der Waals surface area contributed by atoms with Crippen molar-refractivity contribution in [1.29, 1.82) is 0 Å². The quantitative estimate of drug-likeness (QED) is 0.598. The molecule has 1 aromatic rings. The zero-order chi connectivity index (χ0) is 16.1. The molecule has 0 spiro atoms. The molecule has 0 aromatic heterocycles. The van der Waals surface area contributed by atoms with Gasteiger partial charge in [-0.05, 0) is 26.0 Å². The van der Waals surface area contributed by atoms with Crippen LogP contribution in [0.25, 0.3) is 0 Å². The van der Waals surface area contributed by atoms with E-state index in [1.165, 1.54) is 12.1 Å². The van der Waals surface area contributed by atoms with Crippen molar-refractivity contribution in [3.05, 3.63) is 30.3 Å². The highest BCUT2D eigenvalue weighted by Crippen LogP contribution is 2.06. The van der Waals surface area contributed by atoms with Gasteiger partial charge in [0.15, 0.2) is 0 Å². The van der Waals surface area contributed by atoms with Crippen LogP contribution in [0.3, 0.4) is 0 Å². The van der Waals surface area contributed by atoms with Gasteiger partial charge in [0.1, 0.15) is 0 Å². The first-order chi connectivity index (χ1) is 9.52. The third kappa shape index (κ3) is 7.00. The predicted molar refractivity (Wildman–Crippen MR) is 81.7 cm³/mol. The highest BCUT2D eigenvalue weighted by Gasteiger charge is 2.18. The van der Waals surface area contributed by atoms with Crippen LogP contribution in [0.5, 0.6) is 0 Å². The van der Waals surface area contributed by atoms with Crippen LogP contribution in [-0.2, 0) is 20.0 Å². The molecule has 0 radical (unpaired) electrons. The van der Waals surface area contributed by atoms with Crippen LogP contribution in [0.2, 0.25) is 0 Å². The Hall–Kier alpha value is -1.00. The summed E-state index contributed by atoms with van der Waals surface area (Å²) in [6, 6.07) is 7.76. The monoisotopic (exact) mass is 335 g/mol. The average Bonchev–Trinajstić information content (AvgIpc) is 2.36. The van der Waals surface area contributed by atoms with Gasteiger partial charge < -0.3 is 5.73 Å². The van der Waals surface area contributed by atoms with Gasteiger partial charge in [0.05, 0.1) is 10.6 Å². The molecule has 0 amide bonds. The van der Waals surface area contributed by atoms with Crippen molar-refractivity contribution in [2.24, 2.45) is 5.73 Å². The molecule has 21 heavy (non-hydrogen) atoms. The number of sulfonamides is 2. The number of rotatable bonds is 8. The van der Waals surface area contributed by atoms with E-state index in [9.17, 15) is 16.8 Å². The fourth-order valence-corrected chi connectivity index (χ4v) is 3.65. The summed E-state index contributed by atoms with van der Waals surface area (Å²) in [5.74, 6) is -0.352. The molecule has 0 saturated heterocycles. The summed E-state index contributed by atoms with van der Waals surface area (Å²) < 4.78 is 51.8. The maximum atomic E-state index is 11.9. The Labute approximate surface area is 126 Å². The Morgan fingerprint density at radius 3 is 2.14 bits per heavy atom. The Morgan fingerprint density at radius 2 is 1.62 bits per heavy atom. The number of nitrogens with one attached hydrogen (secondary N) is 2. The van der Waals surface area contributed by atoms with Crippen LogP contribution in [0, 0.1) is 0 Å². The lowest BCUT2D eigenvalue weighted by atomic mass is 10.1. The lowest BCUT2D eigenvalue weighted by molar-refractivity contribution is 0.497. The molecular weight excluding hydrogens is 314 g/mol. The van der Waals surface area contributed by atoms with Gasteiger partial charge in [-0.15, -0.1) is 0 Å². The lowest BCUT2D eigenvalue weighted by Crippen LogP contribution is -2.46. The van der Waals surface area contributed by atoms with E-state index in [2.05, 4.69) is 9.44 Å². The Bertz CT molecular complexity index is 649. The van der Waals surface area contributed by atoms with Crippen LogP contribution < -0.4 is 15.2 Å². The molecule has 4 N–H and O–H groups in total. The first-order valence-corrected chi connectivity index (χ1v) is 9.46. The second-order valence-electron chi connectivity index (χ2n) is 5.34. The van der Waals surface area contributed by atoms with Crippen molar-refractivity contribution in [3.63, 3.8) is 0 Å². The van der Waals surface area contributed by atoms with Crippen molar-refractivity contribution in [3.8, 4) is 0 Å². The summed E-state index contributed by atoms with van der Waals surface area (Å²) >= 11 is 0. The van der Waals surface area contributed by atoms with Crippen LogP contribution in [0.15, 0.2) is 35.2 Å². The van der Waals surface area contributed by atoms with Gasteiger partial charge in [0, 0.05) is 18.6 Å². The highest BCUT2D eigenvalue weighted by molar-refractivity contribution is 7.90. The number of hydrogen-bond donors (Lipinski definition) is 3. The molecule has 1 rings (SSSR count). The van der Waals surface area contributed by atoms with E-state index >= 15 is 0 Å². The fourth-order valence-electron chi connectivity index (χ4n) is 1.36. The van der Waals surface area contributed by atoms with E-state index in [-0.39, 0.29) is 23.7 Å². The van der Waals surface area contributed by atoms with E-state index in [1.807, 2.05) is 0 Å². The van der Waals surface area contributed by atoms with Crippen molar-refractivity contribution in [2.45, 2.75) is 24.3 Å². The van der Waals surface area contributed by atoms with E-state index in [0.29, 0.717) is 0 Å². The molecule has 9 heteroatoms. The van der Waals surface area contributed by atoms with Crippen LogP contribution in [0.4, 0.5) is 0 Å².